The van der Waals surface area contributed by atoms with Gasteiger partial charge in [0.15, 0.2) is 5.78 Å². The van der Waals surface area contributed by atoms with Gasteiger partial charge in [-0.15, -0.1) is 0 Å². The molecule has 2 aliphatic heterocycles. The fourth-order valence-electron chi connectivity index (χ4n) is 3.30. The van der Waals surface area contributed by atoms with Gasteiger partial charge in [-0.05, 0) is 31.4 Å². The van der Waals surface area contributed by atoms with Crippen LogP contribution in [-0.4, -0.2) is 35.2 Å². The lowest BCUT2D eigenvalue weighted by atomic mass is 9.83. The van der Waals surface area contributed by atoms with Gasteiger partial charge in [0.25, 0.3) is 0 Å². The van der Waals surface area contributed by atoms with Crippen LogP contribution in [-0.2, 0) is 4.79 Å². The van der Waals surface area contributed by atoms with Crippen molar-refractivity contribution in [2.24, 2.45) is 0 Å². The minimum atomic E-state index is -0.0335. The Labute approximate surface area is 119 Å². The molecular formula is C16H20N2O2. The van der Waals surface area contributed by atoms with E-state index in [0.717, 1.165) is 43.6 Å². The van der Waals surface area contributed by atoms with Crippen LogP contribution in [0.15, 0.2) is 24.3 Å². The Hall–Kier alpha value is -1.84. The number of benzene rings is 1. The Morgan fingerprint density at radius 3 is 2.60 bits per heavy atom. The number of Topliss-reactive ketones (excluding diaryl/α,β-unsaturated/α-hetero) is 1. The van der Waals surface area contributed by atoms with Gasteiger partial charge in [0, 0.05) is 43.2 Å². The molecule has 2 heterocycles. The minimum Gasteiger partial charge on any atom is -0.379 e. The monoisotopic (exact) mass is 272 g/mol. The number of anilines is 1. The number of hydrogen-bond acceptors (Lipinski definition) is 3. The number of amides is 1. The maximum atomic E-state index is 12.2. The van der Waals surface area contributed by atoms with Crippen LogP contribution < -0.4 is 5.32 Å². The smallest absolute Gasteiger partial charge is 0.219 e. The molecule has 1 saturated heterocycles. The van der Waals surface area contributed by atoms with Gasteiger partial charge in [-0.25, -0.2) is 0 Å². The van der Waals surface area contributed by atoms with Crippen molar-refractivity contribution in [1.29, 1.82) is 0 Å². The molecule has 1 aromatic rings. The molecule has 0 aliphatic carbocycles. The van der Waals surface area contributed by atoms with Crippen LogP contribution in [0.4, 0.5) is 5.69 Å². The summed E-state index contributed by atoms with van der Waals surface area (Å²) >= 11 is 0. The largest absolute Gasteiger partial charge is 0.379 e. The lowest BCUT2D eigenvalue weighted by Crippen LogP contribution is -2.50. The number of para-hydroxylation sites is 1. The molecule has 1 fully saturated rings. The molecule has 1 N–H and O–H groups in total. The number of rotatable bonds is 0. The molecule has 0 aromatic heterocycles. The van der Waals surface area contributed by atoms with Crippen molar-refractivity contribution < 1.29 is 9.59 Å². The Bertz CT molecular complexity index is 545. The maximum absolute atomic E-state index is 12.2. The highest BCUT2D eigenvalue weighted by Crippen LogP contribution is 2.36. The first-order valence-corrected chi connectivity index (χ1v) is 7.26. The number of carbonyl (C=O) groups is 2. The Kier molecular flexibility index (Phi) is 3.24. The summed E-state index contributed by atoms with van der Waals surface area (Å²) < 4.78 is 0. The topological polar surface area (TPSA) is 49.4 Å². The summed E-state index contributed by atoms with van der Waals surface area (Å²) in [5, 5.41) is 3.61. The summed E-state index contributed by atoms with van der Waals surface area (Å²) in [5.41, 5.74) is 1.72. The van der Waals surface area contributed by atoms with Crippen LogP contribution in [0.25, 0.3) is 0 Å². The zero-order valence-corrected chi connectivity index (χ0v) is 11.8. The Balaban J connectivity index is 1.83. The van der Waals surface area contributed by atoms with E-state index in [2.05, 4.69) is 5.32 Å². The number of likely N-dealkylation sites (tertiary alicyclic amines) is 1. The molecule has 0 bridgehead atoms. The molecule has 0 saturated carbocycles. The number of fused-ring (bicyclic) bond motifs is 1. The van der Waals surface area contributed by atoms with Crippen LogP contribution in [0.2, 0.25) is 0 Å². The number of nitrogens with zero attached hydrogens (tertiary/aromatic N) is 1. The molecule has 1 spiro atoms. The van der Waals surface area contributed by atoms with Crippen LogP contribution in [0.5, 0.6) is 0 Å². The van der Waals surface area contributed by atoms with E-state index in [1.54, 1.807) is 6.92 Å². The number of ketones is 1. The van der Waals surface area contributed by atoms with Gasteiger partial charge in [-0.1, -0.05) is 12.1 Å². The summed E-state index contributed by atoms with van der Waals surface area (Å²) in [7, 11) is 0. The van der Waals surface area contributed by atoms with Crippen molar-refractivity contribution >= 4 is 17.4 Å². The third-order valence-electron chi connectivity index (χ3n) is 4.62. The molecule has 20 heavy (non-hydrogen) atoms. The number of hydrogen-bond donors (Lipinski definition) is 1. The van der Waals surface area contributed by atoms with E-state index in [9.17, 15) is 9.59 Å². The zero-order valence-electron chi connectivity index (χ0n) is 11.8. The van der Waals surface area contributed by atoms with E-state index in [-0.39, 0.29) is 17.2 Å². The third-order valence-corrected chi connectivity index (χ3v) is 4.62. The molecule has 4 heteroatoms. The summed E-state index contributed by atoms with van der Waals surface area (Å²) in [6.07, 6.45) is 3.26. The van der Waals surface area contributed by atoms with E-state index in [1.807, 2.05) is 29.2 Å². The molecule has 4 nitrogen and oxygen atoms in total. The molecule has 3 rings (SSSR count). The number of carbonyl (C=O) groups excluding carboxylic acids is 2. The standard InChI is InChI=1S/C16H20N2O2/c1-12(19)18-10-8-16(9-11-18)7-6-15(20)13-4-2-3-5-14(13)17-16/h2-5,17H,6-11H2,1H3. The van der Waals surface area contributed by atoms with Crippen molar-refractivity contribution in [3.8, 4) is 0 Å². The predicted molar refractivity (Wildman–Crippen MR) is 77.8 cm³/mol. The van der Waals surface area contributed by atoms with Crippen molar-refractivity contribution in [2.75, 3.05) is 18.4 Å². The van der Waals surface area contributed by atoms with Crippen LogP contribution in [0.1, 0.15) is 43.0 Å². The van der Waals surface area contributed by atoms with Gasteiger partial charge >= 0.3 is 0 Å². The fraction of sp³-hybridized carbons (Fsp3) is 0.500. The molecule has 0 atom stereocenters. The SMILES string of the molecule is CC(=O)N1CCC2(CCC(=O)c3ccccc3N2)CC1. The summed E-state index contributed by atoms with van der Waals surface area (Å²) in [5.74, 6) is 0.365. The fourth-order valence-corrected chi connectivity index (χ4v) is 3.30. The first kappa shape index (κ1) is 13.2. The van der Waals surface area contributed by atoms with E-state index in [0.29, 0.717) is 6.42 Å². The summed E-state index contributed by atoms with van der Waals surface area (Å²) in [6, 6.07) is 7.75. The van der Waals surface area contributed by atoms with Crippen LogP contribution in [0.3, 0.4) is 0 Å². The second-order valence-corrected chi connectivity index (χ2v) is 5.88. The highest BCUT2D eigenvalue weighted by atomic mass is 16.2. The van der Waals surface area contributed by atoms with Gasteiger partial charge in [0.05, 0.1) is 0 Å². The first-order chi connectivity index (χ1) is 9.60. The third kappa shape index (κ3) is 2.30. The lowest BCUT2D eigenvalue weighted by molar-refractivity contribution is -0.130. The second-order valence-electron chi connectivity index (χ2n) is 5.88. The average molecular weight is 272 g/mol. The van der Waals surface area contributed by atoms with Gasteiger partial charge < -0.3 is 10.2 Å². The van der Waals surface area contributed by atoms with E-state index >= 15 is 0 Å². The zero-order chi connectivity index (χ0) is 14.2. The van der Waals surface area contributed by atoms with E-state index in [1.165, 1.54) is 0 Å². The lowest BCUT2D eigenvalue weighted by Gasteiger charge is -2.42. The molecule has 2 aliphatic rings. The average Bonchev–Trinajstić information content (AvgIpc) is 2.58. The quantitative estimate of drug-likeness (QED) is 0.789. The summed E-state index contributed by atoms with van der Waals surface area (Å²) in [4.78, 5) is 25.5. The highest BCUT2D eigenvalue weighted by Gasteiger charge is 2.37. The van der Waals surface area contributed by atoms with Crippen molar-refractivity contribution in [1.82, 2.24) is 4.90 Å². The van der Waals surface area contributed by atoms with Gasteiger partial charge in [0.1, 0.15) is 0 Å². The van der Waals surface area contributed by atoms with Crippen molar-refractivity contribution in [3.63, 3.8) is 0 Å². The van der Waals surface area contributed by atoms with Gasteiger partial charge in [0.2, 0.25) is 5.91 Å². The Morgan fingerprint density at radius 2 is 1.90 bits per heavy atom. The van der Waals surface area contributed by atoms with E-state index in [4.69, 9.17) is 0 Å². The molecule has 106 valence electrons. The minimum absolute atomic E-state index is 0.0335. The van der Waals surface area contributed by atoms with Gasteiger partial charge in [-0.3, -0.25) is 9.59 Å². The van der Waals surface area contributed by atoms with Crippen LogP contribution in [0, 0.1) is 0 Å². The maximum Gasteiger partial charge on any atom is 0.219 e. The molecule has 1 aromatic carbocycles. The molecule has 1 amide bonds. The molecular weight excluding hydrogens is 252 g/mol. The predicted octanol–water partition coefficient (Wildman–Crippen LogP) is 2.46. The molecule has 0 unspecified atom stereocenters. The van der Waals surface area contributed by atoms with Gasteiger partial charge in [-0.2, -0.15) is 0 Å². The van der Waals surface area contributed by atoms with Crippen molar-refractivity contribution in [2.45, 2.75) is 38.1 Å². The van der Waals surface area contributed by atoms with E-state index < -0.39 is 0 Å². The normalized spacial score (nSPS) is 21.1. The first-order valence-electron chi connectivity index (χ1n) is 7.26. The van der Waals surface area contributed by atoms with Crippen LogP contribution >= 0.6 is 0 Å². The highest BCUT2D eigenvalue weighted by molar-refractivity contribution is 6.02. The Morgan fingerprint density at radius 1 is 1.20 bits per heavy atom. The van der Waals surface area contributed by atoms with Crippen molar-refractivity contribution in [3.05, 3.63) is 29.8 Å². The summed E-state index contributed by atoms with van der Waals surface area (Å²) in [6.45, 7) is 3.18. The number of nitrogens with one attached hydrogen (secondary N) is 1. The second kappa shape index (κ2) is 4.93. The molecule has 0 radical (unpaired) electrons. The number of piperidine rings is 1.